The summed E-state index contributed by atoms with van der Waals surface area (Å²) >= 11 is 2.76. The van der Waals surface area contributed by atoms with Gasteiger partial charge in [-0.25, -0.2) is 4.98 Å². The third-order valence-corrected chi connectivity index (χ3v) is 9.72. The predicted octanol–water partition coefficient (Wildman–Crippen LogP) is 9.40. The van der Waals surface area contributed by atoms with Crippen LogP contribution in [0.3, 0.4) is 0 Å². The Bertz CT molecular complexity index is 2150. The van der Waals surface area contributed by atoms with E-state index in [-0.39, 0.29) is 11.6 Å². The highest BCUT2D eigenvalue weighted by molar-refractivity contribution is 8.00. The number of amides is 3. The van der Waals surface area contributed by atoms with Crippen LogP contribution in [0.1, 0.15) is 29.8 Å². The summed E-state index contributed by atoms with van der Waals surface area (Å²) < 4.78 is 5.51. The van der Waals surface area contributed by atoms with Gasteiger partial charge in [0, 0.05) is 27.1 Å². The van der Waals surface area contributed by atoms with Crippen molar-refractivity contribution in [3.8, 4) is 28.1 Å². The van der Waals surface area contributed by atoms with Gasteiger partial charge in [0.25, 0.3) is 11.8 Å². The van der Waals surface area contributed by atoms with Gasteiger partial charge in [-0.1, -0.05) is 72.8 Å². The highest BCUT2D eigenvalue weighted by atomic mass is 32.2. The van der Waals surface area contributed by atoms with E-state index in [1.165, 1.54) is 23.1 Å². The van der Waals surface area contributed by atoms with Crippen molar-refractivity contribution in [1.82, 2.24) is 10.3 Å². The second-order valence-corrected chi connectivity index (χ2v) is 13.9. The molecule has 0 aliphatic carbocycles. The van der Waals surface area contributed by atoms with Crippen LogP contribution in [0.15, 0.2) is 149 Å². The van der Waals surface area contributed by atoms with E-state index < -0.39 is 17.1 Å². The zero-order valence-electron chi connectivity index (χ0n) is 28.5. The molecule has 0 aliphatic heterocycles. The minimum atomic E-state index is -0.474. The number of hydrogen-bond acceptors (Lipinski definition) is 7. The molecule has 6 aromatic rings. The molecule has 260 valence electrons. The predicted molar refractivity (Wildman–Crippen MR) is 212 cm³/mol. The van der Waals surface area contributed by atoms with Crippen molar-refractivity contribution < 1.29 is 19.1 Å². The molecule has 8 nitrogen and oxygen atoms in total. The second-order valence-electron chi connectivity index (χ2n) is 11.6. The number of thiazole rings is 1. The molecule has 1 aromatic heterocycles. The number of carbonyl (C=O) groups excluding carboxylic acids is 3. The molecule has 0 saturated heterocycles. The van der Waals surface area contributed by atoms with Gasteiger partial charge >= 0.3 is 0 Å². The first-order valence-corrected chi connectivity index (χ1v) is 18.4. The molecule has 0 bridgehead atoms. The van der Waals surface area contributed by atoms with E-state index in [0.29, 0.717) is 23.0 Å². The van der Waals surface area contributed by atoms with Gasteiger partial charge in [0.2, 0.25) is 5.91 Å². The lowest BCUT2D eigenvalue weighted by Crippen LogP contribution is -2.30. The first kappa shape index (κ1) is 35.8. The Morgan fingerprint density at radius 2 is 1.40 bits per heavy atom. The minimum Gasteiger partial charge on any atom is -0.494 e. The molecule has 6 rings (SSSR count). The van der Waals surface area contributed by atoms with Crippen molar-refractivity contribution in [2.24, 2.45) is 0 Å². The van der Waals surface area contributed by atoms with Crippen LogP contribution in [-0.4, -0.2) is 34.6 Å². The average Bonchev–Trinajstić information content (AvgIpc) is 3.65. The maximum Gasteiger partial charge on any atom is 0.272 e. The smallest absolute Gasteiger partial charge is 0.272 e. The van der Waals surface area contributed by atoms with Crippen LogP contribution in [0, 0.1) is 0 Å². The highest BCUT2D eigenvalue weighted by Crippen LogP contribution is 2.29. The van der Waals surface area contributed by atoms with Crippen LogP contribution in [-0.2, 0) is 9.59 Å². The normalized spacial score (nSPS) is 11.7. The van der Waals surface area contributed by atoms with Crippen molar-refractivity contribution in [3.05, 3.63) is 156 Å². The molecule has 0 saturated carbocycles. The van der Waals surface area contributed by atoms with E-state index >= 15 is 0 Å². The molecule has 3 N–H and O–H groups in total. The van der Waals surface area contributed by atoms with Gasteiger partial charge in [0.05, 0.1) is 17.6 Å². The largest absolute Gasteiger partial charge is 0.494 e. The topological polar surface area (TPSA) is 109 Å². The Morgan fingerprint density at radius 1 is 0.769 bits per heavy atom. The summed E-state index contributed by atoms with van der Waals surface area (Å²) in [5, 5.41) is 10.6. The van der Waals surface area contributed by atoms with Crippen molar-refractivity contribution in [3.63, 3.8) is 0 Å². The molecule has 1 atom stereocenters. The van der Waals surface area contributed by atoms with Crippen LogP contribution < -0.4 is 20.7 Å². The number of thioether (sulfide) groups is 1. The van der Waals surface area contributed by atoms with Crippen LogP contribution in [0.5, 0.6) is 5.75 Å². The van der Waals surface area contributed by atoms with E-state index in [9.17, 15) is 14.4 Å². The van der Waals surface area contributed by atoms with Gasteiger partial charge in [-0.15, -0.1) is 23.1 Å². The van der Waals surface area contributed by atoms with E-state index in [1.807, 2.05) is 116 Å². The lowest BCUT2D eigenvalue weighted by Gasteiger charge is -2.13. The molecule has 0 aliphatic rings. The molecule has 1 heterocycles. The van der Waals surface area contributed by atoms with E-state index in [1.54, 1.807) is 42.5 Å². The van der Waals surface area contributed by atoms with Crippen molar-refractivity contribution in [2.45, 2.75) is 24.0 Å². The Kier molecular flexibility index (Phi) is 11.9. The van der Waals surface area contributed by atoms with Crippen molar-refractivity contribution in [1.29, 1.82) is 0 Å². The molecular formula is C42H36N4O4S2. The van der Waals surface area contributed by atoms with Gasteiger partial charge < -0.3 is 20.7 Å². The Balaban J connectivity index is 1.09. The van der Waals surface area contributed by atoms with E-state index in [2.05, 4.69) is 20.9 Å². The Morgan fingerprint density at radius 3 is 2.08 bits per heavy atom. The summed E-state index contributed by atoms with van der Waals surface area (Å²) in [6.07, 6.45) is 1.65. The van der Waals surface area contributed by atoms with Crippen LogP contribution in [0.25, 0.3) is 28.5 Å². The fraction of sp³-hybridized carbons (Fsp3) is 0.0952. The number of benzene rings is 5. The first-order chi connectivity index (χ1) is 25.3. The molecular weight excluding hydrogens is 689 g/mol. The molecule has 0 fully saturated rings. The third-order valence-electron chi connectivity index (χ3n) is 7.85. The highest BCUT2D eigenvalue weighted by Gasteiger charge is 2.18. The number of anilines is 2. The fourth-order valence-electron chi connectivity index (χ4n) is 5.14. The summed E-state index contributed by atoms with van der Waals surface area (Å²) in [4.78, 5) is 45.1. The average molecular weight is 725 g/mol. The lowest BCUT2D eigenvalue weighted by molar-refractivity contribution is -0.115. The molecule has 0 spiro atoms. The monoisotopic (exact) mass is 724 g/mol. The summed E-state index contributed by atoms with van der Waals surface area (Å²) in [6.45, 7) is 4.37. The maximum atomic E-state index is 13.6. The number of aromatic nitrogens is 1. The summed E-state index contributed by atoms with van der Waals surface area (Å²) in [7, 11) is 0. The maximum absolute atomic E-state index is 13.6. The molecule has 10 heteroatoms. The summed E-state index contributed by atoms with van der Waals surface area (Å²) in [5.41, 5.74) is 5.66. The Hall–Kier alpha value is -5.97. The zero-order chi connectivity index (χ0) is 36.3. The molecule has 52 heavy (non-hydrogen) atoms. The number of nitrogens with zero attached hydrogens (tertiary/aromatic N) is 1. The van der Waals surface area contributed by atoms with Crippen LogP contribution in [0.4, 0.5) is 10.8 Å². The third kappa shape index (κ3) is 9.63. The summed E-state index contributed by atoms with van der Waals surface area (Å²) in [6, 6.07) is 41.4. The molecule has 1 unspecified atom stereocenters. The first-order valence-electron chi connectivity index (χ1n) is 16.7. The van der Waals surface area contributed by atoms with Gasteiger partial charge in [-0.05, 0) is 97.3 Å². The van der Waals surface area contributed by atoms with E-state index in [0.717, 1.165) is 38.6 Å². The number of carbonyl (C=O) groups is 3. The second kappa shape index (κ2) is 17.3. The number of rotatable bonds is 13. The quantitative estimate of drug-likeness (QED) is 0.0809. The molecule has 0 radical (unpaired) electrons. The number of nitrogens with one attached hydrogen (secondary N) is 3. The van der Waals surface area contributed by atoms with Crippen LogP contribution in [0.2, 0.25) is 0 Å². The zero-order valence-corrected chi connectivity index (χ0v) is 30.2. The van der Waals surface area contributed by atoms with E-state index in [4.69, 9.17) is 4.74 Å². The van der Waals surface area contributed by atoms with Crippen molar-refractivity contribution in [2.75, 3.05) is 17.2 Å². The number of hydrogen-bond donors (Lipinski definition) is 3. The SMILES string of the molecule is CCOc1ccc(-c2csc(NC(=O)C(C)Sc3ccc(NC(=O)/C(=C/c4ccc(-c5ccccc5)cc4)NC(=O)c4ccccc4)cc3)n2)cc1. The van der Waals surface area contributed by atoms with Gasteiger partial charge in [0.15, 0.2) is 5.13 Å². The van der Waals surface area contributed by atoms with Gasteiger partial charge in [-0.2, -0.15) is 0 Å². The summed E-state index contributed by atoms with van der Waals surface area (Å²) in [5.74, 6) is -0.244. The van der Waals surface area contributed by atoms with Gasteiger partial charge in [0.1, 0.15) is 11.4 Å². The van der Waals surface area contributed by atoms with Gasteiger partial charge in [-0.3, -0.25) is 14.4 Å². The molecule has 5 aromatic carbocycles. The van der Waals surface area contributed by atoms with Crippen LogP contribution >= 0.6 is 23.1 Å². The Labute approximate surface area is 311 Å². The standard InChI is InChI=1S/C42H36N4O4S2/c1-3-50-35-22-18-32(19-23-35)38-27-51-42(45-38)46-39(47)28(2)52-36-24-20-34(21-25-36)43-41(49)37(44-40(48)33-12-8-5-9-13-33)26-29-14-16-31(17-15-29)30-10-6-4-7-11-30/h4-28H,3H2,1-2H3,(H,43,49)(H,44,48)(H,45,46,47)/b37-26-. The molecule has 3 amide bonds. The number of ether oxygens (including phenoxy) is 1. The lowest BCUT2D eigenvalue weighted by atomic mass is 10.0. The fourth-order valence-corrected chi connectivity index (χ4v) is 6.73. The minimum absolute atomic E-state index is 0.0953. The van der Waals surface area contributed by atoms with Crippen molar-refractivity contribution >= 4 is 57.7 Å².